The minimum atomic E-state index is -0.736. The van der Waals surface area contributed by atoms with Gasteiger partial charge in [-0.3, -0.25) is 19.5 Å². The van der Waals surface area contributed by atoms with E-state index < -0.39 is 16.6 Å². The number of hydrogen-bond donors (Lipinski definition) is 1. The van der Waals surface area contributed by atoms with Gasteiger partial charge in [0.2, 0.25) is 5.91 Å². The summed E-state index contributed by atoms with van der Waals surface area (Å²) in [6.45, 7) is 0.0458. The molecule has 0 aliphatic carbocycles. The van der Waals surface area contributed by atoms with E-state index in [9.17, 15) is 19.7 Å². The summed E-state index contributed by atoms with van der Waals surface area (Å²) >= 11 is 0. The third kappa shape index (κ3) is 3.17. The summed E-state index contributed by atoms with van der Waals surface area (Å²) in [6, 6.07) is 13.1. The largest absolute Gasteiger partial charge is 0.420 e. The number of nitrogens with one attached hydrogen (secondary N) is 1. The van der Waals surface area contributed by atoms with Crippen molar-refractivity contribution in [2.24, 2.45) is 0 Å². The number of carbonyl (C=O) groups is 1. The lowest BCUT2D eigenvalue weighted by Gasteiger charge is -2.05. The minimum Gasteiger partial charge on any atom is -0.408 e. The molecule has 0 radical (unpaired) electrons. The summed E-state index contributed by atoms with van der Waals surface area (Å²) in [6.07, 6.45) is 0. The zero-order valence-electron chi connectivity index (χ0n) is 12.5. The molecule has 0 aliphatic heterocycles. The minimum absolute atomic E-state index is 0.179. The predicted molar refractivity (Wildman–Crippen MR) is 85.4 cm³/mol. The van der Waals surface area contributed by atoms with Crippen molar-refractivity contribution >= 4 is 22.7 Å². The summed E-state index contributed by atoms with van der Waals surface area (Å²) < 4.78 is 6.07. The molecule has 24 heavy (non-hydrogen) atoms. The van der Waals surface area contributed by atoms with E-state index in [1.165, 1.54) is 18.2 Å². The fraction of sp³-hybridized carbons (Fsp3) is 0.125. The van der Waals surface area contributed by atoms with E-state index >= 15 is 0 Å². The van der Waals surface area contributed by atoms with Crippen molar-refractivity contribution < 1.29 is 14.1 Å². The highest BCUT2D eigenvalue weighted by atomic mass is 16.6. The number of aromatic nitrogens is 1. The maximum atomic E-state index is 12.1. The van der Waals surface area contributed by atoms with Crippen LogP contribution in [0.3, 0.4) is 0 Å². The molecule has 8 heteroatoms. The molecule has 1 amide bonds. The van der Waals surface area contributed by atoms with Crippen molar-refractivity contribution in [1.82, 2.24) is 9.88 Å². The SMILES string of the molecule is O=C(Cn1c(=O)oc2ccc([N+](=O)[O-])cc21)NCc1ccccc1. The second-order valence-corrected chi connectivity index (χ2v) is 5.13. The predicted octanol–water partition coefficient (Wildman–Crippen LogP) is 1.82. The van der Waals surface area contributed by atoms with Gasteiger partial charge in [-0.2, -0.15) is 0 Å². The molecule has 0 atom stereocenters. The molecule has 0 unspecified atom stereocenters. The fourth-order valence-electron chi connectivity index (χ4n) is 2.31. The van der Waals surface area contributed by atoms with Crippen LogP contribution in [0.4, 0.5) is 5.69 Å². The third-order valence-corrected chi connectivity index (χ3v) is 3.50. The Balaban J connectivity index is 1.80. The summed E-state index contributed by atoms with van der Waals surface area (Å²) in [4.78, 5) is 34.2. The molecular formula is C16H13N3O5. The van der Waals surface area contributed by atoms with Gasteiger partial charge in [-0.25, -0.2) is 4.79 Å². The van der Waals surface area contributed by atoms with Crippen LogP contribution in [0.15, 0.2) is 57.7 Å². The number of nitro groups is 1. The van der Waals surface area contributed by atoms with Crippen LogP contribution in [0.2, 0.25) is 0 Å². The number of nitro benzene ring substituents is 1. The number of oxazole rings is 1. The Morgan fingerprint density at radius 2 is 1.96 bits per heavy atom. The highest BCUT2D eigenvalue weighted by molar-refractivity contribution is 5.80. The first-order valence-corrected chi connectivity index (χ1v) is 7.13. The van der Waals surface area contributed by atoms with E-state index in [-0.39, 0.29) is 23.3 Å². The van der Waals surface area contributed by atoms with E-state index in [1.807, 2.05) is 30.3 Å². The second kappa shape index (κ2) is 6.37. The van der Waals surface area contributed by atoms with Crippen LogP contribution in [-0.4, -0.2) is 15.4 Å². The molecule has 3 aromatic rings. The number of nitrogens with zero attached hydrogens (tertiary/aromatic N) is 2. The fourth-order valence-corrected chi connectivity index (χ4v) is 2.31. The van der Waals surface area contributed by atoms with E-state index in [4.69, 9.17) is 4.42 Å². The lowest BCUT2D eigenvalue weighted by molar-refractivity contribution is -0.384. The Hall–Kier alpha value is -3.42. The Bertz CT molecular complexity index is 959. The Kier molecular flexibility index (Phi) is 4.11. The van der Waals surface area contributed by atoms with Crippen molar-refractivity contribution in [3.63, 3.8) is 0 Å². The van der Waals surface area contributed by atoms with Crippen LogP contribution in [0, 0.1) is 10.1 Å². The van der Waals surface area contributed by atoms with Crippen molar-refractivity contribution in [1.29, 1.82) is 0 Å². The van der Waals surface area contributed by atoms with Crippen molar-refractivity contribution in [2.75, 3.05) is 0 Å². The molecule has 0 saturated heterocycles. The molecule has 1 aromatic heterocycles. The Morgan fingerprint density at radius 3 is 2.67 bits per heavy atom. The molecule has 0 saturated carbocycles. The van der Waals surface area contributed by atoms with E-state index in [0.717, 1.165) is 10.1 Å². The quantitative estimate of drug-likeness (QED) is 0.568. The van der Waals surface area contributed by atoms with Gasteiger partial charge in [0.05, 0.1) is 10.4 Å². The van der Waals surface area contributed by atoms with Gasteiger partial charge in [0.1, 0.15) is 6.54 Å². The molecule has 0 bridgehead atoms. The smallest absolute Gasteiger partial charge is 0.408 e. The van der Waals surface area contributed by atoms with E-state index in [1.54, 1.807) is 0 Å². The van der Waals surface area contributed by atoms with Gasteiger partial charge in [0.25, 0.3) is 5.69 Å². The third-order valence-electron chi connectivity index (χ3n) is 3.50. The number of benzene rings is 2. The number of non-ortho nitro benzene ring substituents is 1. The molecule has 3 rings (SSSR count). The first kappa shape index (κ1) is 15.5. The van der Waals surface area contributed by atoms with Crippen molar-refractivity contribution in [3.8, 4) is 0 Å². The van der Waals surface area contributed by atoms with Crippen LogP contribution < -0.4 is 11.1 Å². The Labute approximate surface area is 135 Å². The number of rotatable bonds is 5. The number of fused-ring (bicyclic) bond motifs is 1. The summed E-state index contributed by atoms with van der Waals surface area (Å²) in [7, 11) is 0. The monoisotopic (exact) mass is 327 g/mol. The number of carbonyl (C=O) groups excluding carboxylic acids is 1. The molecule has 1 heterocycles. The maximum Gasteiger partial charge on any atom is 0.420 e. The molecule has 8 nitrogen and oxygen atoms in total. The molecule has 0 aliphatic rings. The van der Waals surface area contributed by atoms with Gasteiger partial charge in [-0.05, 0) is 11.6 Å². The number of hydrogen-bond acceptors (Lipinski definition) is 5. The van der Waals surface area contributed by atoms with Gasteiger partial charge < -0.3 is 9.73 Å². The summed E-state index contributed by atoms with van der Waals surface area (Å²) in [5.74, 6) is -1.13. The van der Waals surface area contributed by atoms with Crippen LogP contribution in [0.25, 0.3) is 11.1 Å². The highest BCUT2D eigenvalue weighted by Gasteiger charge is 2.16. The van der Waals surface area contributed by atoms with Gasteiger partial charge in [-0.15, -0.1) is 0 Å². The molecule has 0 spiro atoms. The lowest BCUT2D eigenvalue weighted by Crippen LogP contribution is -2.30. The van der Waals surface area contributed by atoms with Crippen LogP contribution in [-0.2, 0) is 17.9 Å². The van der Waals surface area contributed by atoms with Crippen LogP contribution in [0.5, 0.6) is 0 Å². The number of amides is 1. The molecular weight excluding hydrogens is 314 g/mol. The zero-order chi connectivity index (χ0) is 17.1. The average Bonchev–Trinajstić information content (AvgIpc) is 2.89. The highest BCUT2D eigenvalue weighted by Crippen LogP contribution is 2.19. The zero-order valence-corrected chi connectivity index (χ0v) is 12.5. The summed E-state index contributed by atoms with van der Waals surface area (Å²) in [5.41, 5.74) is 1.15. The van der Waals surface area contributed by atoms with Gasteiger partial charge in [0.15, 0.2) is 5.58 Å². The molecule has 122 valence electrons. The molecule has 0 fully saturated rings. The van der Waals surface area contributed by atoms with E-state index in [0.29, 0.717) is 6.54 Å². The molecule has 1 N–H and O–H groups in total. The average molecular weight is 327 g/mol. The standard InChI is InChI=1S/C16H13N3O5/c20-15(17-9-11-4-2-1-3-5-11)10-18-13-8-12(19(22)23)6-7-14(13)24-16(18)21/h1-8H,9-10H2,(H,17,20). The van der Waals surface area contributed by atoms with Gasteiger partial charge in [0, 0.05) is 18.7 Å². The molecule has 2 aromatic carbocycles. The van der Waals surface area contributed by atoms with Gasteiger partial charge in [-0.1, -0.05) is 30.3 Å². The second-order valence-electron chi connectivity index (χ2n) is 5.13. The normalized spacial score (nSPS) is 10.7. The van der Waals surface area contributed by atoms with Crippen LogP contribution in [0.1, 0.15) is 5.56 Å². The maximum absolute atomic E-state index is 12.1. The van der Waals surface area contributed by atoms with Crippen molar-refractivity contribution in [3.05, 3.63) is 74.8 Å². The summed E-state index contributed by atoms with van der Waals surface area (Å²) in [5, 5.41) is 13.5. The van der Waals surface area contributed by atoms with Crippen LogP contribution >= 0.6 is 0 Å². The lowest BCUT2D eigenvalue weighted by atomic mass is 10.2. The van der Waals surface area contributed by atoms with Gasteiger partial charge >= 0.3 is 5.76 Å². The Morgan fingerprint density at radius 1 is 1.21 bits per heavy atom. The topological polar surface area (TPSA) is 107 Å². The first-order chi connectivity index (χ1) is 11.5. The van der Waals surface area contributed by atoms with Crippen molar-refractivity contribution in [2.45, 2.75) is 13.1 Å². The first-order valence-electron chi connectivity index (χ1n) is 7.13. The van der Waals surface area contributed by atoms with E-state index in [2.05, 4.69) is 5.32 Å².